The first kappa shape index (κ1) is 32.6. The van der Waals surface area contributed by atoms with Gasteiger partial charge < -0.3 is 20.6 Å². The van der Waals surface area contributed by atoms with E-state index in [-0.39, 0.29) is 30.7 Å². The molecule has 0 bridgehead atoms. The molecule has 2 amide bonds. The number of carbonyl (C=O) groups is 3. The fourth-order valence-corrected chi connectivity index (χ4v) is 5.66. The highest BCUT2D eigenvalue weighted by Gasteiger charge is 2.37. The summed E-state index contributed by atoms with van der Waals surface area (Å²) in [5, 5.41) is 15.7. The van der Waals surface area contributed by atoms with Crippen molar-refractivity contribution in [1.82, 2.24) is 15.2 Å². The van der Waals surface area contributed by atoms with Gasteiger partial charge in [-0.25, -0.2) is 0 Å². The third kappa shape index (κ3) is 9.61. The summed E-state index contributed by atoms with van der Waals surface area (Å²) >= 11 is 0. The molecule has 2 aromatic carbocycles. The van der Waals surface area contributed by atoms with Gasteiger partial charge >= 0.3 is 5.97 Å². The summed E-state index contributed by atoms with van der Waals surface area (Å²) < 4.78 is 0. The molecule has 232 valence electrons. The summed E-state index contributed by atoms with van der Waals surface area (Å²) in [5.74, 6) is -1.28. The van der Waals surface area contributed by atoms with E-state index >= 15 is 0 Å². The Bertz CT molecular complexity index is 1430. The molecule has 0 atom stereocenters. The molecule has 0 spiro atoms. The van der Waals surface area contributed by atoms with Crippen molar-refractivity contribution in [3.8, 4) is 0 Å². The van der Waals surface area contributed by atoms with E-state index in [0.717, 1.165) is 50.2 Å². The SMILES string of the molecule is CCC(CC)(CC(=O)Nc1cccc(C=Cc2cccc(CC(=O)NC3CCN(CCc4ccccc4)CC3)n2)c1)C(=O)O. The van der Waals surface area contributed by atoms with Crippen molar-refractivity contribution in [3.05, 3.63) is 95.3 Å². The van der Waals surface area contributed by atoms with Crippen LogP contribution in [0.2, 0.25) is 0 Å². The molecule has 1 aliphatic rings. The molecule has 1 saturated heterocycles. The third-order valence-electron chi connectivity index (χ3n) is 8.61. The van der Waals surface area contributed by atoms with Gasteiger partial charge in [0, 0.05) is 37.8 Å². The normalized spacial score (nSPS) is 14.4. The maximum atomic E-state index is 12.8. The summed E-state index contributed by atoms with van der Waals surface area (Å²) in [4.78, 5) is 44.3. The van der Waals surface area contributed by atoms with Gasteiger partial charge in [0.1, 0.15) is 0 Å². The predicted molar refractivity (Wildman–Crippen MR) is 175 cm³/mol. The lowest BCUT2D eigenvalue weighted by Crippen LogP contribution is -2.45. The molecule has 8 heteroatoms. The van der Waals surface area contributed by atoms with Crippen LogP contribution in [0.4, 0.5) is 5.69 Å². The first-order valence-electron chi connectivity index (χ1n) is 15.6. The van der Waals surface area contributed by atoms with Gasteiger partial charge in [-0.05, 0) is 73.6 Å². The fraction of sp³-hybridized carbons (Fsp3) is 0.389. The molecule has 0 unspecified atom stereocenters. The molecule has 0 radical (unpaired) electrons. The fourth-order valence-electron chi connectivity index (χ4n) is 5.66. The third-order valence-corrected chi connectivity index (χ3v) is 8.61. The van der Waals surface area contributed by atoms with Gasteiger partial charge in [0.2, 0.25) is 11.8 Å². The first-order chi connectivity index (χ1) is 21.3. The minimum absolute atomic E-state index is 0.0112. The lowest BCUT2D eigenvalue weighted by Gasteiger charge is -2.32. The van der Waals surface area contributed by atoms with Gasteiger partial charge in [-0.2, -0.15) is 0 Å². The van der Waals surface area contributed by atoms with Crippen LogP contribution in [0, 0.1) is 5.41 Å². The largest absolute Gasteiger partial charge is 0.481 e. The predicted octanol–water partition coefficient (Wildman–Crippen LogP) is 5.84. The zero-order valence-corrected chi connectivity index (χ0v) is 25.8. The molecule has 44 heavy (non-hydrogen) atoms. The van der Waals surface area contributed by atoms with Gasteiger partial charge in [0.25, 0.3) is 0 Å². The zero-order valence-electron chi connectivity index (χ0n) is 25.8. The van der Waals surface area contributed by atoms with Gasteiger partial charge in [0.15, 0.2) is 0 Å². The van der Waals surface area contributed by atoms with E-state index in [1.807, 2.05) is 54.6 Å². The summed E-state index contributed by atoms with van der Waals surface area (Å²) in [7, 11) is 0. The van der Waals surface area contributed by atoms with Crippen LogP contribution in [0.15, 0.2) is 72.8 Å². The molecular weight excluding hydrogens is 552 g/mol. The maximum absolute atomic E-state index is 12.8. The van der Waals surface area contributed by atoms with E-state index in [1.165, 1.54) is 5.56 Å². The van der Waals surface area contributed by atoms with E-state index in [4.69, 9.17) is 0 Å². The number of rotatable bonds is 14. The number of anilines is 1. The number of hydrogen-bond donors (Lipinski definition) is 3. The van der Waals surface area contributed by atoms with Crippen LogP contribution in [0.25, 0.3) is 12.2 Å². The van der Waals surface area contributed by atoms with Crippen molar-refractivity contribution in [2.75, 3.05) is 25.0 Å². The number of nitrogens with one attached hydrogen (secondary N) is 2. The number of hydrogen-bond acceptors (Lipinski definition) is 5. The van der Waals surface area contributed by atoms with Crippen LogP contribution in [-0.4, -0.2) is 58.5 Å². The van der Waals surface area contributed by atoms with Crippen LogP contribution >= 0.6 is 0 Å². The molecule has 4 rings (SSSR count). The number of carbonyl (C=O) groups excluding carboxylic acids is 2. The summed E-state index contributed by atoms with van der Waals surface area (Å²) in [6.45, 7) is 6.61. The molecular formula is C36H44N4O4. The quantitative estimate of drug-likeness (QED) is 0.216. The molecule has 3 N–H and O–H groups in total. The van der Waals surface area contributed by atoms with E-state index in [0.29, 0.717) is 24.2 Å². The van der Waals surface area contributed by atoms with Crippen molar-refractivity contribution in [2.45, 2.75) is 64.8 Å². The Labute approximate surface area is 260 Å². The highest BCUT2D eigenvalue weighted by atomic mass is 16.4. The van der Waals surface area contributed by atoms with Crippen molar-refractivity contribution in [1.29, 1.82) is 0 Å². The van der Waals surface area contributed by atoms with Crippen molar-refractivity contribution in [3.63, 3.8) is 0 Å². The van der Waals surface area contributed by atoms with Crippen LogP contribution in [0.5, 0.6) is 0 Å². The van der Waals surface area contributed by atoms with Crippen LogP contribution in [0.3, 0.4) is 0 Å². The average molecular weight is 597 g/mol. The first-order valence-corrected chi connectivity index (χ1v) is 15.6. The van der Waals surface area contributed by atoms with E-state index in [1.54, 1.807) is 19.9 Å². The Hall–Kier alpha value is -4.30. The number of carboxylic acids is 1. The smallest absolute Gasteiger partial charge is 0.310 e. The minimum Gasteiger partial charge on any atom is -0.481 e. The standard InChI is InChI=1S/C36H44N4O4/c1-3-36(4-2,35(43)44)26-34(42)39-31-14-8-12-28(24-31)16-17-29-13-9-15-32(37-29)25-33(41)38-30-19-22-40(23-20-30)21-18-27-10-6-5-7-11-27/h5-17,24,30H,3-4,18-23,25-26H2,1-2H3,(H,38,41)(H,39,42)(H,43,44). The number of pyridine rings is 1. The van der Waals surface area contributed by atoms with Gasteiger partial charge in [-0.3, -0.25) is 19.4 Å². The molecule has 1 aromatic heterocycles. The topological polar surface area (TPSA) is 112 Å². The maximum Gasteiger partial charge on any atom is 0.310 e. The molecule has 1 fully saturated rings. The number of aromatic nitrogens is 1. The Morgan fingerprint density at radius 3 is 2.36 bits per heavy atom. The number of carboxylic acid groups (broad SMARTS) is 1. The number of likely N-dealkylation sites (tertiary alicyclic amines) is 1. The van der Waals surface area contributed by atoms with E-state index in [9.17, 15) is 19.5 Å². The number of nitrogens with zero attached hydrogens (tertiary/aromatic N) is 2. The van der Waals surface area contributed by atoms with Crippen molar-refractivity contribution in [2.24, 2.45) is 5.41 Å². The second-order valence-corrected chi connectivity index (χ2v) is 11.6. The highest BCUT2D eigenvalue weighted by Crippen LogP contribution is 2.31. The summed E-state index contributed by atoms with van der Waals surface area (Å²) in [5.41, 5.74) is 3.19. The molecule has 3 aromatic rings. The highest BCUT2D eigenvalue weighted by molar-refractivity contribution is 5.94. The van der Waals surface area contributed by atoms with Crippen LogP contribution < -0.4 is 10.6 Å². The molecule has 0 aliphatic carbocycles. The second-order valence-electron chi connectivity index (χ2n) is 11.6. The average Bonchev–Trinajstić information content (AvgIpc) is 3.03. The molecule has 1 aliphatic heterocycles. The molecule has 0 saturated carbocycles. The van der Waals surface area contributed by atoms with Gasteiger partial charge in [-0.1, -0.05) is 68.5 Å². The number of piperidine rings is 1. The van der Waals surface area contributed by atoms with Crippen LogP contribution in [0.1, 0.15) is 68.5 Å². The minimum atomic E-state index is -1.06. The van der Waals surface area contributed by atoms with E-state index < -0.39 is 11.4 Å². The lowest BCUT2D eigenvalue weighted by atomic mass is 9.79. The molecule has 2 heterocycles. The second kappa shape index (κ2) is 16.0. The summed E-state index contributed by atoms with van der Waals surface area (Å²) in [6, 6.07) is 23.7. The van der Waals surface area contributed by atoms with Crippen molar-refractivity contribution >= 4 is 35.6 Å². The van der Waals surface area contributed by atoms with Crippen molar-refractivity contribution < 1.29 is 19.5 Å². The van der Waals surface area contributed by atoms with E-state index in [2.05, 4.69) is 44.8 Å². The Morgan fingerprint density at radius 2 is 1.66 bits per heavy atom. The number of aliphatic carboxylic acids is 1. The lowest BCUT2D eigenvalue weighted by molar-refractivity contribution is -0.151. The number of benzene rings is 2. The number of amides is 2. The van der Waals surface area contributed by atoms with Gasteiger partial charge in [0.05, 0.1) is 23.2 Å². The molecule has 8 nitrogen and oxygen atoms in total. The zero-order chi connectivity index (χ0) is 31.4. The van der Waals surface area contributed by atoms with Gasteiger partial charge in [-0.15, -0.1) is 0 Å². The monoisotopic (exact) mass is 596 g/mol. The Kier molecular flexibility index (Phi) is 11.8. The Balaban J connectivity index is 1.25. The Morgan fingerprint density at radius 1 is 0.932 bits per heavy atom. The van der Waals surface area contributed by atoms with Crippen LogP contribution in [-0.2, 0) is 27.2 Å². The summed E-state index contributed by atoms with van der Waals surface area (Å²) in [6.07, 6.45) is 7.64.